The average Bonchev–Trinajstić information content (AvgIpc) is 2.91. The van der Waals surface area contributed by atoms with E-state index >= 15 is 0 Å². The Bertz CT molecular complexity index is 817. The lowest BCUT2D eigenvalue weighted by atomic mass is 10.1. The number of imidazole rings is 1. The van der Waals surface area contributed by atoms with Crippen LogP contribution < -0.4 is 9.47 Å². The van der Waals surface area contributed by atoms with Crippen LogP contribution in [0.5, 0.6) is 11.5 Å². The minimum absolute atomic E-state index is 0.0179. The van der Waals surface area contributed by atoms with Crippen molar-refractivity contribution in [1.29, 1.82) is 0 Å². The molecule has 3 heterocycles. The molecule has 1 atom stereocenters. The Kier molecular flexibility index (Phi) is 4.55. The summed E-state index contributed by atoms with van der Waals surface area (Å²) >= 11 is 0. The van der Waals surface area contributed by atoms with Crippen LogP contribution in [0.1, 0.15) is 41.3 Å². The number of hydrogen-bond donors (Lipinski definition) is 0. The molecule has 0 saturated carbocycles. The normalized spacial score (nSPS) is 19.0. The molecule has 2 aromatic rings. The van der Waals surface area contributed by atoms with Crippen LogP contribution in [0.25, 0.3) is 0 Å². The number of methoxy groups -OCH3 is 1. The molecule has 0 aliphatic carbocycles. The Labute approximate surface area is 152 Å². The van der Waals surface area contributed by atoms with Crippen molar-refractivity contribution in [3.05, 3.63) is 41.5 Å². The van der Waals surface area contributed by atoms with Crippen LogP contribution >= 0.6 is 0 Å². The van der Waals surface area contributed by atoms with Crippen molar-refractivity contribution >= 4 is 5.91 Å². The maximum absolute atomic E-state index is 13.1. The van der Waals surface area contributed by atoms with Gasteiger partial charge in [-0.1, -0.05) is 0 Å². The number of benzene rings is 1. The van der Waals surface area contributed by atoms with Crippen LogP contribution in [0.15, 0.2) is 24.4 Å². The Balaban J connectivity index is 1.58. The van der Waals surface area contributed by atoms with Gasteiger partial charge in [0.15, 0.2) is 11.5 Å². The Hall–Kier alpha value is -2.54. The zero-order valence-corrected chi connectivity index (χ0v) is 15.1. The molecule has 26 heavy (non-hydrogen) atoms. The van der Waals surface area contributed by atoms with Crippen LogP contribution in [0, 0.1) is 0 Å². The van der Waals surface area contributed by atoms with E-state index in [0.29, 0.717) is 50.0 Å². The van der Waals surface area contributed by atoms with E-state index in [9.17, 15) is 4.79 Å². The van der Waals surface area contributed by atoms with Gasteiger partial charge in [0.25, 0.3) is 5.91 Å². The zero-order valence-electron chi connectivity index (χ0n) is 15.1. The van der Waals surface area contributed by atoms with E-state index < -0.39 is 0 Å². The minimum Gasteiger partial charge on any atom is -0.490 e. The number of fused-ring (bicyclic) bond motifs is 2. The molecule has 0 bridgehead atoms. The number of hydrogen-bond acceptors (Lipinski definition) is 5. The van der Waals surface area contributed by atoms with Crippen LogP contribution in [-0.2, 0) is 17.9 Å². The van der Waals surface area contributed by atoms with E-state index in [1.165, 1.54) is 0 Å². The first kappa shape index (κ1) is 16.9. The smallest absolute Gasteiger partial charge is 0.254 e. The first-order valence-electron chi connectivity index (χ1n) is 8.93. The van der Waals surface area contributed by atoms with Gasteiger partial charge in [0, 0.05) is 32.2 Å². The molecule has 4 rings (SSSR count). The van der Waals surface area contributed by atoms with Crippen LogP contribution in [0.4, 0.5) is 0 Å². The van der Waals surface area contributed by atoms with Crippen molar-refractivity contribution in [2.45, 2.75) is 32.5 Å². The molecule has 2 aliphatic heterocycles. The standard InChI is InChI=1S/C19H23N3O4/c1-13-18-20-11-15(12-24-2)22(18)7-6-21(13)19(23)14-4-5-16-17(10-14)26-9-3-8-25-16/h4-5,10-11,13H,3,6-9,12H2,1-2H3. The fourth-order valence-corrected chi connectivity index (χ4v) is 3.56. The molecule has 1 amide bonds. The second-order valence-corrected chi connectivity index (χ2v) is 6.58. The average molecular weight is 357 g/mol. The first-order valence-corrected chi connectivity index (χ1v) is 8.93. The lowest BCUT2D eigenvalue weighted by Crippen LogP contribution is -2.41. The van der Waals surface area contributed by atoms with Gasteiger partial charge in [-0.15, -0.1) is 0 Å². The fourth-order valence-electron chi connectivity index (χ4n) is 3.56. The molecule has 0 spiro atoms. The van der Waals surface area contributed by atoms with Crippen LogP contribution in [-0.4, -0.2) is 47.2 Å². The molecule has 2 aliphatic rings. The van der Waals surface area contributed by atoms with Gasteiger partial charge in [-0.25, -0.2) is 4.98 Å². The largest absolute Gasteiger partial charge is 0.490 e. The Morgan fingerprint density at radius 2 is 2.08 bits per heavy atom. The number of ether oxygens (including phenoxy) is 3. The van der Waals surface area contributed by atoms with Gasteiger partial charge in [-0.2, -0.15) is 0 Å². The predicted octanol–water partition coefficient (Wildman–Crippen LogP) is 2.41. The third-order valence-corrected chi connectivity index (χ3v) is 4.92. The summed E-state index contributed by atoms with van der Waals surface area (Å²) in [6.07, 6.45) is 2.67. The molecule has 1 aromatic heterocycles. The highest BCUT2D eigenvalue weighted by atomic mass is 16.5. The number of carbonyl (C=O) groups excluding carboxylic acids is 1. The highest BCUT2D eigenvalue weighted by Crippen LogP contribution is 2.32. The minimum atomic E-state index is -0.0992. The topological polar surface area (TPSA) is 65.8 Å². The molecule has 1 unspecified atom stereocenters. The lowest BCUT2D eigenvalue weighted by molar-refractivity contribution is 0.0632. The second kappa shape index (κ2) is 6.99. The highest BCUT2D eigenvalue weighted by molar-refractivity contribution is 5.95. The highest BCUT2D eigenvalue weighted by Gasteiger charge is 2.31. The third-order valence-electron chi connectivity index (χ3n) is 4.92. The maximum atomic E-state index is 13.1. The third kappa shape index (κ3) is 2.92. The molecule has 7 heteroatoms. The SMILES string of the molecule is COCc1cnc2n1CCN(C(=O)c1ccc3c(c1)OCCCO3)C2C. The molecule has 0 fully saturated rings. The van der Waals surface area contributed by atoms with Crippen molar-refractivity contribution in [3.8, 4) is 11.5 Å². The quantitative estimate of drug-likeness (QED) is 0.844. The number of nitrogens with zero attached hydrogens (tertiary/aromatic N) is 3. The van der Waals surface area contributed by atoms with E-state index in [-0.39, 0.29) is 11.9 Å². The zero-order chi connectivity index (χ0) is 18.1. The molecule has 0 N–H and O–H groups in total. The Morgan fingerprint density at radius 1 is 1.27 bits per heavy atom. The number of amides is 1. The van der Waals surface area contributed by atoms with Crippen molar-refractivity contribution in [2.24, 2.45) is 0 Å². The van der Waals surface area contributed by atoms with Gasteiger partial charge >= 0.3 is 0 Å². The van der Waals surface area contributed by atoms with Crippen LogP contribution in [0.2, 0.25) is 0 Å². The fraction of sp³-hybridized carbons (Fsp3) is 0.474. The number of carbonyl (C=O) groups is 1. The van der Waals surface area contributed by atoms with E-state index in [1.54, 1.807) is 19.2 Å². The van der Waals surface area contributed by atoms with Crippen molar-refractivity contribution in [1.82, 2.24) is 14.5 Å². The summed E-state index contributed by atoms with van der Waals surface area (Å²) in [4.78, 5) is 19.5. The summed E-state index contributed by atoms with van der Waals surface area (Å²) in [6.45, 7) is 5.12. The van der Waals surface area contributed by atoms with Gasteiger partial charge in [0.05, 0.1) is 37.8 Å². The molecular formula is C19H23N3O4. The summed E-state index contributed by atoms with van der Waals surface area (Å²) in [5.41, 5.74) is 1.65. The van der Waals surface area contributed by atoms with E-state index in [1.807, 2.05) is 24.1 Å². The van der Waals surface area contributed by atoms with Gasteiger partial charge in [-0.05, 0) is 25.1 Å². The summed E-state index contributed by atoms with van der Waals surface area (Å²) < 4.78 is 18.7. The first-order chi connectivity index (χ1) is 12.7. The molecule has 138 valence electrons. The summed E-state index contributed by atoms with van der Waals surface area (Å²) in [7, 11) is 1.67. The Morgan fingerprint density at radius 3 is 2.88 bits per heavy atom. The molecular weight excluding hydrogens is 334 g/mol. The van der Waals surface area contributed by atoms with Gasteiger partial charge in [0.2, 0.25) is 0 Å². The van der Waals surface area contributed by atoms with Gasteiger partial charge in [-0.3, -0.25) is 4.79 Å². The van der Waals surface area contributed by atoms with Gasteiger partial charge in [0.1, 0.15) is 5.82 Å². The summed E-state index contributed by atoms with van der Waals surface area (Å²) in [5, 5.41) is 0. The number of aromatic nitrogens is 2. The van der Waals surface area contributed by atoms with E-state index in [4.69, 9.17) is 14.2 Å². The monoisotopic (exact) mass is 357 g/mol. The summed E-state index contributed by atoms with van der Waals surface area (Å²) in [6, 6.07) is 5.31. The van der Waals surface area contributed by atoms with Crippen molar-refractivity contribution in [2.75, 3.05) is 26.9 Å². The van der Waals surface area contributed by atoms with E-state index in [2.05, 4.69) is 9.55 Å². The predicted molar refractivity (Wildman–Crippen MR) is 94.4 cm³/mol. The molecule has 7 nitrogen and oxygen atoms in total. The van der Waals surface area contributed by atoms with Crippen molar-refractivity contribution < 1.29 is 19.0 Å². The van der Waals surface area contributed by atoms with E-state index in [0.717, 1.165) is 17.9 Å². The molecule has 1 aromatic carbocycles. The summed E-state index contributed by atoms with van der Waals surface area (Å²) in [5.74, 6) is 2.22. The lowest BCUT2D eigenvalue weighted by Gasteiger charge is -2.34. The maximum Gasteiger partial charge on any atom is 0.254 e. The molecule has 0 saturated heterocycles. The molecule has 0 radical (unpaired) electrons. The number of rotatable bonds is 3. The second-order valence-electron chi connectivity index (χ2n) is 6.58. The van der Waals surface area contributed by atoms with Crippen molar-refractivity contribution in [3.63, 3.8) is 0 Å². The van der Waals surface area contributed by atoms with Crippen LogP contribution in [0.3, 0.4) is 0 Å². The van der Waals surface area contributed by atoms with Gasteiger partial charge < -0.3 is 23.7 Å².